The molecule has 3 aromatic rings. The molecule has 0 fully saturated rings. The molecule has 0 saturated heterocycles. The highest BCUT2D eigenvalue weighted by Gasteiger charge is 2.16. The summed E-state index contributed by atoms with van der Waals surface area (Å²) in [6, 6.07) is 17.0. The zero-order valence-electron chi connectivity index (χ0n) is 15.7. The van der Waals surface area contributed by atoms with Crippen molar-refractivity contribution in [1.29, 1.82) is 0 Å². The average molecular weight is 382 g/mol. The van der Waals surface area contributed by atoms with Gasteiger partial charge in [-0.15, -0.1) is 0 Å². The molecule has 2 aromatic carbocycles. The molecule has 3 rings (SSSR count). The summed E-state index contributed by atoms with van der Waals surface area (Å²) in [4.78, 5) is 29.8. The second-order valence-electron chi connectivity index (χ2n) is 6.67. The van der Waals surface area contributed by atoms with E-state index in [0.717, 1.165) is 5.56 Å². The van der Waals surface area contributed by atoms with Crippen molar-refractivity contribution in [1.82, 2.24) is 14.9 Å². The highest BCUT2D eigenvalue weighted by molar-refractivity contribution is 7.99. The highest BCUT2D eigenvalue weighted by atomic mass is 32.2. The normalized spacial score (nSPS) is 12.3. The Balaban J connectivity index is 1.77. The van der Waals surface area contributed by atoms with Crippen molar-refractivity contribution >= 4 is 28.6 Å². The molecule has 0 aliphatic heterocycles. The molecule has 1 aromatic heterocycles. The van der Waals surface area contributed by atoms with E-state index in [4.69, 9.17) is 0 Å². The molecule has 0 aliphatic rings. The maximum atomic E-state index is 12.8. The molecule has 0 spiro atoms. The third kappa shape index (κ3) is 4.39. The number of fused-ring (bicyclic) bond motifs is 1. The lowest BCUT2D eigenvalue weighted by atomic mass is 10.1. The fourth-order valence-electron chi connectivity index (χ4n) is 2.92. The van der Waals surface area contributed by atoms with Gasteiger partial charge in [0.25, 0.3) is 5.56 Å². The van der Waals surface area contributed by atoms with Crippen LogP contribution in [0.5, 0.6) is 0 Å². The van der Waals surface area contributed by atoms with Gasteiger partial charge in [-0.05, 0) is 38.5 Å². The van der Waals surface area contributed by atoms with Crippen LogP contribution in [0.4, 0.5) is 0 Å². The van der Waals surface area contributed by atoms with Gasteiger partial charge in [0.15, 0.2) is 5.16 Å². The topological polar surface area (TPSA) is 64.0 Å². The third-order valence-electron chi connectivity index (χ3n) is 4.30. The van der Waals surface area contributed by atoms with Gasteiger partial charge < -0.3 is 5.32 Å². The van der Waals surface area contributed by atoms with Crippen molar-refractivity contribution in [2.24, 2.45) is 0 Å². The van der Waals surface area contributed by atoms with Crippen LogP contribution in [0, 0.1) is 0 Å². The van der Waals surface area contributed by atoms with Gasteiger partial charge in [0.1, 0.15) is 0 Å². The van der Waals surface area contributed by atoms with E-state index >= 15 is 0 Å². The summed E-state index contributed by atoms with van der Waals surface area (Å²) in [5, 5.41) is 4.15. The number of hydrogen-bond acceptors (Lipinski definition) is 4. The Labute approximate surface area is 162 Å². The number of carbonyl (C=O) groups excluding carboxylic acids is 1. The van der Waals surface area contributed by atoms with Crippen LogP contribution in [-0.4, -0.2) is 21.2 Å². The number of rotatable bonds is 6. The summed E-state index contributed by atoms with van der Waals surface area (Å²) in [6.45, 7) is 5.84. The first kappa shape index (κ1) is 19.2. The summed E-state index contributed by atoms with van der Waals surface area (Å²) in [6.07, 6.45) is 0. The van der Waals surface area contributed by atoms with Gasteiger partial charge in [0.2, 0.25) is 5.91 Å². The van der Waals surface area contributed by atoms with Crippen LogP contribution in [0.3, 0.4) is 0 Å². The summed E-state index contributed by atoms with van der Waals surface area (Å²) in [5.41, 5.74) is 1.63. The van der Waals surface area contributed by atoms with Crippen LogP contribution in [0.15, 0.2) is 64.5 Å². The van der Waals surface area contributed by atoms with Crippen molar-refractivity contribution in [3.8, 4) is 0 Å². The smallest absolute Gasteiger partial charge is 0.262 e. The molecule has 0 bridgehead atoms. The Kier molecular flexibility index (Phi) is 5.96. The molecule has 1 atom stereocenters. The fourth-order valence-corrected chi connectivity index (χ4v) is 3.86. The number of benzene rings is 2. The molecule has 5 nitrogen and oxygen atoms in total. The van der Waals surface area contributed by atoms with Crippen molar-refractivity contribution < 1.29 is 4.79 Å². The zero-order chi connectivity index (χ0) is 19.4. The van der Waals surface area contributed by atoms with Gasteiger partial charge in [-0.3, -0.25) is 14.2 Å². The first-order valence-corrected chi connectivity index (χ1v) is 9.94. The Morgan fingerprint density at radius 3 is 2.44 bits per heavy atom. The van der Waals surface area contributed by atoms with Crippen molar-refractivity contribution in [3.05, 3.63) is 70.5 Å². The van der Waals surface area contributed by atoms with Crippen LogP contribution in [-0.2, 0) is 4.79 Å². The van der Waals surface area contributed by atoms with E-state index in [1.54, 1.807) is 10.6 Å². The van der Waals surface area contributed by atoms with Gasteiger partial charge in [-0.25, -0.2) is 4.98 Å². The quantitative estimate of drug-likeness (QED) is 0.519. The Morgan fingerprint density at radius 1 is 1.07 bits per heavy atom. The van der Waals surface area contributed by atoms with Gasteiger partial charge in [-0.1, -0.05) is 54.2 Å². The molecule has 0 unspecified atom stereocenters. The number of aromatic nitrogens is 2. The summed E-state index contributed by atoms with van der Waals surface area (Å²) in [5.74, 6) is 0.114. The van der Waals surface area contributed by atoms with Crippen LogP contribution >= 0.6 is 11.8 Å². The molecule has 27 heavy (non-hydrogen) atoms. The van der Waals surface area contributed by atoms with E-state index in [1.165, 1.54) is 11.8 Å². The van der Waals surface area contributed by atoms with E-state index in [9.17, 15) is 9.59 Å². The molecule has 0 saturated carbocycles. The van der Waals surface area contributed by atoms with Gasteiger partial charge in [0.05, 0.1) is 22.7 Å². The summed E-state index contributed by atoms with van der Waals surface area (Å²) < 4.78 is 1.65. The van der Waals surface area contributed by atoms with Gasteiger partial charge >= 0.3 is 0 Å². The number of hydrogen-bond donors (Lipinski definition) is 1. The van der Waals surface area contributed by atoms with E-state index in [-0.39, 0.29) is 29.3 Å². The lowest BCUT2D eigenvalue weighted by molar-refractivity contribution is -0.119. The van der Waals surface area contributed by atoms with E-state index < -0.39 is 0 Å². The SMILES string of the molecule is CC(C)n1c(SCC(=O)N[C@@H](C)c2ccccc2)nc2ccccc2c1=O. The Morgan fingerprint density at radius 2 is 1.74 bits per heavy atom. The molecule has 6 heteroatoms. The second kappa shape index (κ2) is 8.39. The number of thioether (sulfide) groups is 1. The predicted molar refractivity (Wildman–Crippen MR) is 110 cm³/mol. The molecule has 1 N–H and O–H groups in total. The predicted octanol–water partition coefficient (Wildman–Crippen LogP) is 3.95. The van der Waals surface area contributed by atoms with Gasteiger partial charge in [-0.2, -0.15) is 0 Å². The molecule has 0 radical (unpaired) electrons. The number of nitrogens with zero attached hydrogens (tertiary/aromatic N) is 2. The van der Waals surface area contributed by atoms with E-state index in [1.807, 2.05) is 69.3 Å². The number of nitrogens with one attached hydrogen (secondary N) is 1. The van der Waals surface area contributed by atoms with Crippen LogP contribution < -0.4 is 10.9 Å². The molecule has 0 aliphatic carbocycles. The standard InChI is InChI=1S/C21H23N3O2S/c1-14(2)24-20(26)17-11-7-8-12-18(17)23-21(24)27-13-19(25)22-15(3)16-9-5-4-6-10-16/h4-12,14-15H,13H2,1-3H3,(H,22,25)/t15-/m0/s1. The number of carbonyl (C=O) groups is 1. The maximum Gasteiger partial charge on any atom is 0.262 e. The Hall–Kier alpha value is -2.60. The van der Waals surface area contributed by atoms with Crippen molar-refractivity contribution in [3.63, 3.8) is 0 Å². The first-order valence-electron chi connectivity index (χ1n) is 8.95. The Bertz CT molecular complexity index is 999. The number of para-hydroxylation sites is 1. The molecule has 1 amide bonds. The van der Waals surface area contributed by atoms with E-state index in [0.29, 0.717) is 16.1 Å². The monoisotopic (exact) mass is 381 g/mol. The first-order chi connectivity index (χ1) is 13.0. The highest BCUT2D eigenvalue weighted by Crippen LogP contribution is 2.21. The minimum atomic E-state index is -0.0888. The second-order valence-corrected chi connectivity index (χ2v) is 7.61. The maximum absolute atomic E-state index is 12.8. The van der Waals surface area contributed by atoms with Crippen LogP contribution in [0.1, 0.15) is 38.4 Å². The lowest BCUT2D eigenvalue weighted by Gasteiger charge is -2.17. The number of amides is 1. The largest absolute Gasteiger partial charge is 0.349 e. The minimum Gasteiger partial charge on any atom is -0.349 e. The third-order valence-corrected chi connectivity index (χ3v) is 5.25. The zero-order valence-corrected chi connectivity index (χ0v) is 16.5. The average Bonchev–Trinajstić information content (AvgIpc) is 2.66. The minimum absolute atomic E-state index is 0.0385. The fraction of sp³-hybridized carbons (Fsp3) is 0.286. The molecule has 140 valence electrons. The lowest BCUT2D eigenvalue weighted by Crippen LogP contribution is -2.29. The van der Waals surface area contributed by atoms with Crippen LogP contribution in [0.2, 0.25) is 0 Å². The van der Waals surface area contributed by atoms with Gasteiger partial charge in [0, 0.05) is 6.04 Å². The summed E-state index contributed by atoms with van der Waals surface area (Å²) >= 11 is 1.29. The molecule has 1 heterocycles. The van der Waals surface area contributed by atoms with Crippen molar-refractivity contribution in [2.45, 2.75) is 38.0 Å². The molecular formula is C21H23N3O2S. The summed E-state index contributed by atoms with van der Waals surface area (Å²) in [7, 11) is 0. The van der Waals surface area contributed by atoms with Crippen molar-refractivity contribution in [2.75, 3.05) is 5.75 Å². The molecular weight excluding hydrogens is 358 g/mol. The van der Waals surface area contributed by atoms with Crippen LogP contribution in [0.25, 0.3) is 10.9 Å². The van der Waals surface area contributed by atoms with E-state index in [2.05, 4.69) is 10.3 Å².